The van der Waals surface area contributed by atoms with E-state index in [0.717, 1.165) is 11.1 Å². The van der Waals surface area contributed by atoms with Gasteiger partial charge in [0.15, 0.2) is 6.10 Å². The summed E-state index contributed by atoms with van der Waals surface area (Å²) in [7, 11) is 1.49. The number of hydrogen-bond acceptors (Lipinski definition) is 4. The van der Waals surface area contributed by atoms with Crippen molar-refractivity contribution in [2.75, 3.05) is 13.7 Å². The molecule has 2 aromatic rings. The average molecular weight is 324 g/mol. The number of methoxy groups -OCH3 is 1. The van der Waals surface area contributed by atoms with Crippen molar-refractivity contribution in [3.8, 4) is 5.75 Å². The maximum Gasteiger partial charge on any atom is 0.273 e. The van der Waals surface area contributed by atoms with Crippen molar-refractivity contribution in [1.82, 2.24) is 5.43 Å². The summed E-state index contributed by atoms with van der Waals surface area (Å²) in [5.41, 5.74) is 4.02. The molecule has 1 unspecified atom stereocenters. The molecule has 0 aliphatic carbocycles. The second kappa shape index (κ2) is 9.27. The number of para-hydroxylation sites is 1. The summed E-state index contributed by atoms with van der Waals surface area (Å²) in [6.45, 7) is 4.02. The second-order valence-electron chi connectivity index (χ2n) is 4.90. The molecular weight excluding hydrogens is 304 g/mol. The average Bonchev–Trinajstić information content (AvgIpc) is 2.62. The van der Waals surface area contributed by atoms with Crippen molar-refractivity contribution in [2.45, 2.75) is 6.10 Å². The number of benzene rings is 2. The third-order valence-corrected chi connectivity index (χ3v) is 3.23. The molecule has 0 saturated heterocycles. The molecular formula is C19H20N2O3. The van der Waals surface area contributed by atoms with Gasteiger partial charge in [0, 0.05) is 12.7 Å². The molecule has 0 heterocycles. The van der Waals surface area contributed by atoms with Crippen LogP contribution < -0.4 is 10.2 Å². The first kappa shape index (κ1) is 17.4. The number of ether oxygens (including phenoxy) is 2. The molecule has 1 atom stereocenters. The number of carbonyl (C=O) groups is 1. The number of hydrogen-bond donors (Lipinski definition) is 1. The zero-order chi connectivity index (χ0) is 17.2. The molecule has 0 aliphatic rings. The van der Waals surface area contributed by atoms with Crippen molar-refractivity contribution in [3.05, 3.63) is 78.4 Å². The van der Waals surface area contributed by atoms with Gasteiger partial charge in [0.2, 0.25) is 0 Å². The number of amides is 1. The van der Waals surface area contributed by atoms with E-state index in [1.807, 2.05) is 54.6 Å². The van der Waals surface area contributed by atoms with Gasteiger partial charge in [-0.05, 0) is 17.7 Å². The van der Waals surface area contributed by atoms with Gasteiger partial charge in [0.25, 0.3) is 5.91 Å². The Morgan fingerprint density at radius 3 is 2.62 bits per heavy atom. The van der Waals surface area contributed by atoms with Crippen LogP contribution in [0.25, 0.3) is 0 Å². The molecule has 124 valence electrons. The fraction of sp³-hybridized carbons (Fsp3) is 0.158. The minimum Gasteiger partial charge on any atom is -0.489 e. The maximum atomic E-state index is 12.2. The maximum absolute atomic E-state index is 12.2. The third kappa shape index (κ3) is 4.79. The van der Waals surface area contributed by atoms with E-state index < -0.39 is 6.10 Å². The van der Waals surface area contributed by atoms with E-state index in [1.54, 1.807) is 6.08 Å². The topological polar surface area (TPSA) is 59.9 Å². The molecule has 0 fully saturated rings. The van der Waals surface area contributed by atoms with E-state index in [-0.39, 0.29) is 5.91 Å². The number of rotatable bonds is 8. The first-order valence-electron chi connectivity index (χ1n) is 7.49. The van der Waals surface area contributed by atoms with Crippen LogP contribution in [0.1, 0.15) is 17.2 Å². The van der Waals surface area contributed by atoms with Gasteiger partial charge in [0.05, 0.1) is 6.21 Å². The Morgan fingerprint density at radius 1 is 1.21 bits per heavy atom. The molecule has 0 saturated carbocycles. The second-order valence-corrected chi connectivity index (χ2v) is 4.90. The highest BCUT2D eigenvalue weighted by molar-refractivity contribution is 5.86. The molecule has 0 bridgehead atoms. The fourth-order valence-electron chi connectivity index (χ4n) is 2.11. The summed E-state index contributed by atoms with van der Waals surface area (Å²) < 4.78 is 10.8. The predicted molar refractivity (Wildman–Crippen MR) is 94.1 cm³/mol. The van der Waals surface area contributed by atoms with Crippen molar-refractivity contribution in [2.24, 2.45) is 5.10 Å². The van der Waals surface area contributed by atoms with Gasteiger partial charge in [0.1, 0.15) is 12.4 Å². The summed E-state index contributed by atoms with van der Waals surface area (Å²) in [5, 5.41) is 3.99. The number of carbonyl (C=O) groups excluding carboxylic acids is 1. The highest BCUT2D eigenvalue weighted by Crippen LogP contribution is 2.17. The van der Waals surface area contributed by atoms with Crippen LogP contribution in [-0.4, -0.2) is 25.8 Å². The Kier molecular flexibility index (Phi) is 6.73. The Labute approximate surface area is 141 Å². The van der Waals surface area contributed by atoms with Crippen LogP contribution in [0.4, 0.5) is 0 Å². The van der Waals surface area contributed by atoms with E-state index >= 15 is 0 Å². The van der Waals surface area contributed by atoms with Gasteiger partial charge >= 0.3 is 0 Å². The quantitative estimate of drug-likeness (QED) is 0.461. The van der Waals surface area contributed by atoms with Crippen LogP contribution in [0.3, 0.4) is 0 Å². The Morgan fingerprint density at radius 2 is 1.92 bits per heavy atom. The summed E-state index contributed by atoms with van der Waals surface area (Å²) in [4.78, 5) is 12.2. The van der Waals surface area contributed by atoms with Gasteiger partial charge in [-0.25, -0.2) is 5.43 Å². The van der Waals surface area contributed by atoms with E-state index in [0.29, 0.717) is 12.4 Å². The minimum absolute atomic E-state index is 0.343. The SMILES string of the molecule is C=CCOc1ccccc1/C=N/NC(=O)C(OC)c1ccccc1. The van der Waals surface area contributed by atoms with E-state index in [4.69, 9.17) is 9.47 Å². The molecule has 2 rings (SSSR count). The summed E-state index contributed by atoms with van der Waals surface area (Å²) in [6, 6.07) is 16.7. The van der Waals surface area contributed by atoms with Gasteiger partial charge in [-0.3, -0.25) is 4.79 Å². The lowest BCUT2D eigenvalue weighted by Crippen LogP contribution is -2.26. The minimum atomic E-state index is -0.712. The first-order chi connectivity index (χ1) is 11.8. The van der Waals surface area contributed by atoms with Crippen LogP contribution in [0, 0.1) is 0 Å². The lowest BCUT2D eigenvalue weighted by molar-refractivity contribution is -0.131. The lowest BCUT2D eigenvalue weighted by Gasteiger charge is -2.13. The molecule has 0 aliphatic heterocycles. The van der Waals surface area contributed by atoms with Crippen LogP contribution in [0.2, 0.25) is 0 Å². The molecule has 5 heteroatoms. The Hall–Kier alpha value is -2.92. The first-order valence-corrected chi connectivity index (χ1v) is 7.49. The van der Waals surface area contributed by atoms with Gasteiger partial charge < -0.3 is 9.47 Å². The molecule has 0 radical (unpaired) electrons. The summed E-state index contributed by atoms with van der Waals surface area (Å²) in [5.74, 6) is 0.325. The zero-order valence-electron chi connectivity index (χ0n) is 13.5. The van der Waals surface area contributed by atoms with Gasteiger partial charge in [-0.15, -0.1) is 0 Å². The summed E-state index contributed by atoms with van der Waals surface area (Å²) in [6.07, 6.45) is 2.49. The van der Waals surface area contributed by atoms with Crippen LogP contribution in [0.15, 0.2) is 72.4 Å². The van der Waals surface area contributed by atoms with Crippen molar-refractivity contribution < 1.29 is 14.3 Å². The molecule has 2 aromatic carbocycles. The van der Waals surface area contributed by atoms with Gasteiger partial charge in [-0.2, -0.15) is 5.10 Å². The largest absolute Gasteiger partial charge is 0.489 e. The van der Waals surface area contributed by atoms with Crippen molar-refractivity contribution in [3.63, 3.8) is 0 Å². The van der Waals surface area contributed by atoms with Gasteiger partial charge in [-0.1, -0.05) is 55.1 Å². The standard InChI is InChI=1S/C19H20N2O3/c1-3-13-24-17-12-8-7-11-16(17)14-20-21-19(22)18(23-2)15-9-5-4-6-10-15/h3-12,14,18H,1,13H2,2H3,(H,21,22)/b20-14+. The lowest BCUT2D eigenvalue weighted by atomic mass is 10.1. The monoisotopic (exact) mass is 324 g/mol. The summed E-state index contributed by atoms with van der Waals surface area (Å²) >= 11 is 0. The molecule has 1 N–H and O–H groups in total. The Bertz CT molecular complexity index is 699. The molecule has 24 heavy (non-hydrogen) atoms. The molecule has 5 nitrogen and oxygen atoms in total. The smallest absolute Gasteiger partial charge is 0.273 e. The van der Waals surface area contributed by atoms with E-state index in [9.17, 15) is 4.79 Å². The van der Waals surface area contributed by atoms with Crippen LogP contribution in [0.5, 0.6) is 5.75 Å². The van der Waals surface area contributed by atoms with Crippen LogP contribution in [-0.2, 0) is 9.53 Å². The number of hydrazone groups is 1. The van der Waals surface area contributed by atoms with Crippen LogP contribution >= 0.6 is 0 Å². The third-order valence-electron chi connectivity index (χ3n) is 3.23. The Balaban J connectivity index is 2.03. The molecule has 1 amide bonds. The fourth-order valence-corrected chi connectivity index (χ4v) is 2.11. The van der Waals surface area contributed by atoms with Crippen molar-refractivity contribution in [1.29, 1.82) is 0 Å². The zero-order valence-corrected chi connectivity index (χ0v) is 13.5. The molecule has 0 spiro atoms. The highest BCUT2D eigenvalue weighted by Gasteiger charge is 2.19. The van der Waals surface area contributed by atoms with E-state index in [1.165, 1.54) is 13.3 Å². The molecule has 0 aromatic heterocycles. The predicted octanol–water partition coefficient (Wildman–Crippen LogP) is 3.09. The normalized spacial score (nSPS) is 11.9. The number of nitrogens with one attached hydrogen (secondary N) is 1. The van der Waals surface area contributed by atoms with Crippen molar-refractivity contribution >= 4 is 12.1 Å². The van der Waals surface area contributed by atoms with E-state index in [2.05, 4.69) is 17.1 Å². The number of nitrogens with zero attached hydrogens (tertiary/aromatic N) is 1. The highest BCUT2D eigenvalue weighted by atomic mass is 16.5.